The van der Waals surface area contributed by atoms with Crippen LogP contribution in [0.25, 0.3) is 0 Å². The molecule has 20 heavy (non-hydrogen) atoms. The topological polar surface area (TPSA) is 62.7 Å². The van der Waals surface area contributed by atoms with E-state index in [2.05, 4.69) is 39.4 Å². The minimum Gasteiger partial charge on any atom is -0.370 e. The quantitative estimate of drug-likeness (QED) is 0.856. The Kier molecular flexibility index (Phi) is 4.89. The van der Waals surface area contributed by atoms with Gasteiger partial charge in [-0.25, -0.2) is 15.0 Å². The van der Waals surface area contributed by atoms with E-state index in [1.807, 2.05) is 19.4 Å². The molecule has 2 aromatic heterocycles. The van der Waals surface area contributed by atoms with Gasteiger partial charge in [0.1, 0.15) is 17.5 Å². The highest BCUT2D eigenvalue weighted by atomic mass is 32.1. The zero-order chi connectivity index (χ0) is 14.5. The number of aromatic nitrogens is 3. The van der Waals surface area contributed by atoms with Crippen LogP contribution in [0.15, 0.2) is 5.51 Å². The van der Waals surface area contributed by atoms with E-state index in [1.54, 1.807) is 11.3 Å². The fourth-order valence-corrected chi connectivity index (χ4v) is 2.61. The summed E-state index contributed by atoms with van der Waals surface area (Å²) < 4.78 is 0. The van der Waals surface area contributed by atoms with Crippen LogP contribution in [0.5, 0.6) is 0 Å². The van der Waals surface area contributed by atoms with Crippen molar-refractivity contribution in [1.82, 2.24) is 15.0 Å². The molecule has 0 saturated heterocycles. The van der Waals surface area contributed by atoms with Gasteiger partial charge in [-0.3, -0.25) is 0 Å². The number of rotatable bonds is 6. The number of anilines is 2. The van der Waals surface area contributed by atoms with Gasteiger partial charge in [0.15, 0.2) is 0 Å². The average Bonchev–Trinajstić information content (AvgIpc) is 2.85. The highest BCUT2D eigenvalue weighted by Gasteiger charge is 2.10. The van der Waals surface area contributed by atoms with E-state index in [0.717, 1.165) is 48.2 Å². The van der Waals surface area contributed by atoms with Crippen LogP contribution in [0.2, 0.25) is 0 Å². The summed E-state index contributed by atoms with van der Waals surface area (Å²) in [5, 5.41) is 6.70. The average molecular weight is 291 g/mol. The largest absolute Gasteiger partial charge is 0.370 e. The van der Waals surface area contributed by atoms with Crippen LogP contribution in [0.1, 0.15) is 35.8 Å². The van der Waals surface area contributed by atoms with Gasteiger partial charge in [0, 0.05) is 23.4 Å². The van der Waals surface area contributed by atoms with Crippen LogP contribution >= 0.6 is 11.3 Å². The van der Waals surface area contributed by atoms with Crippen molar-refractivity contribution in [3.63, 3.8) is 0 Å². The van der Waals surface area contributed by atoms with Gasteiger partial charge in [-0.15, -0.1) is 11.3 Å². The Labute approximate surface area is 123 Å². The Morgan fingerprint density at radius 2 is 1.80 bits per heavy atom. The van der Waals surface area contributed by atoms with Crippen LogP contribution < -0.4 is 10.6 Å². The smallest absolute Gasteiger partial charge is 0.135 e. The number of thiazole rings is 1. The molecule has 0 atom stereocenters. The monoisotopic (exact) mass is 291 g/mol. The summed E-state index contributed by atoms with van der Waals surface area (Å²) in [6.45, 7) is 9.82. The summed E-state index contributed by atoms with van der Waals surface area (Å²) in [5.41, 5.74) is 4.02. The third-order valence-electron chi connectivity index (χ3n) is 3.11. The molecule has 0 bridgehead atoms. The maximum absolute atomic E-state index is 4.58. The molecule has 2 heterocycles. The number of aryl methyl sites for hydroxylation is 2. The molecule has 0 amide bonds. The summed E-state index contributed by atoms with van der Waals surface area (Å²) >= 11 is 1.67. The first-order chi connectivity index (χ1) is 9.65. The molecule has 0 spiro atoms. The molecule has 2 rings (SSSR count). The van der Waals surface area contributed by atoms with Crippen molar-refractivity contribution in [2.24, 2.45) is 0 Å². The van der Waals surface area contributed by atoms with E-state index in [0.29, 0.717) is 0 Å². The lowest BCUT2D eigenvalue weighted by atomic mass is 10.2. The Morgan fingerprint density at radius 1 is 1.10 bits per heavy atom. The lowest BCUT2D eigenvalue weighted by molar-refractivity contribution is 0.919. The molecule has 2 aromatic rings. The highest BCUT2D eigenvalue weighted by Crippen LogP contribution is 2.22. The molecule has 0 aliphatic rings. The van der Waals surface area contributed by atoms with Gasteiger partial charge in [-0.2, -0.15) is 0 Å². The molecule has 0 radical (unpaired) electrons. The first kappa shape index (κ1) is 14.7. The maximum atomic E-state index is 4.58. The van der Waals surface area contributed by atoms with Gasteiger partial charge in [-0.1, -0.05) is 6.92 Å². The highest BCUT2D eigenvalue weighted by molar-refractivity contribution is 7.09. The van der Waals surface area contributed by atoms with Crippen LogP contribution in [-0.4, -0.2) is 21.5 Å². The minimum atomic E-state index is 0.753. The van der Waals surface area contributed by atoms with Crippen LogP contribution in [-0.2, 0) is 13.0 Å². The number of hydrogen-bond acceptors (Lipinski definition) is 6. The fraction of sp³-hybridized carbons (Fsp3) is 0.500. The van der Waals surface area contributed by atoms with Gasteiger partial charge in [0.25, 0.3) is 0 Å². The standard InChI is InChI=1S/C14H21N5S/c1-5-12-18-13(15-6-2)9(3)14(19-12)16-7-11-10(4)17-8-20-11/h8H,5-7H2,1-4H3,(H2,15,16,18,19). The lowest BCUT2D eigenvalue weighted by Gasteiger charge is -2.14. The Morgan fingerprint density at radius 3 is 2.35 bits per heavy atom. The van der Waals surface area contributed by atoms with Crippen molar-refractivity contribution < 1.29 is 0 Å². The molecular weight excluding hydrogens is 270 g/mol. The Balaban J connectivity index is 2.21. The predicted octanol–water partition coefficient (Wildman–Crippen LogP) is 3.16. The Hall–Kier alpha value is -1.69. The number of hydrogen-bond donors (Lipinski definition) is 2. The molecule has 0 aliphatic heterocycles. The van der Waals surface area contributed by atoms with Gasteiger partial charge in [0.2, 0.25) is 0 Å². The number of nitrogens with zero attached hydrogens (tertiary/aromatic N) is 3. The molecule has 6 heteroatoms. The molecule has 0 aliphatic carbocycles. The van der Waals surface area contributed by atoms with Crippen LogP contribution in [0.4, 0.5) is 11.6 Å². The molecular formula is C14H21N5S. The van der Waals surface area contributed by atoms with Crippen LogP contribution in [0, 0.1) is 13.8 Å². The first-order valence-electron chi connectivity index (χ1n) is 6.89. The predicted molar refractivity (Wildman–Crippen MR) is 84.5 cm³/mol. The molecule has 0 unspecified atom stereocenters. The van der Waals surface area contributed by atoms with E-state index < -0.39 is 0 Å². The van der Waals surface area contributed by atoms with E-state index in [1.165, 1.54) is 4.88 Å². The first-order valence-corrected chi connectivity index (χ1v) is 7.77. The second-order valence-electron chi connectivity index (χ2n) is 4.56. The van der Waals surface area contributed by atoms with Crippen molar-refractivity contribution in [3.8, 4) is 0 Å². The molecule has 0 aromatic carbocycles. The lowest BCUT2D eigenvalue weighted by Crippen LogP contribution is -2.11. The van der Waals surface area contributed by atoms with Crippen molar-refractivity contribution in [3.05, 3.63) is 27.5 Å². The van der Waals surface area contributed by atoms with E-state index in [9.17, 15) is 0 Å². The SMILES string of the molecule is CCNc1nc(CC)nc(NCc2scnc2C)c1C. The van der Waals surface area contributed by atoms with Gasteiger partial charge in [-0.05, 0) is 20.8 Å². The second-order valence-corrected chi connectivity index (χ2v) is 5.50. The van der Waals surface area contributed by atoms with Gasteiger partial charge in [0.05, 0.1) is 17.7 Å². The summed E-state index contributed by atoms with van der Waals surface area (Å²) in [5.74, 6) is 2.68. The summed E-state index contributed by atoms with van der Waals surface area (Å²) in [4.78, 5) is 14.6. The molecule has 2 N–H and O–H groups in total. The normalized spacial score (nSPS) is 10.6. The van der Waals surface area contributed by atoms with Crippen molar-refractivity contribution >= 4 is 23.0 Å². The zero-order valence-electron chi connectivity index (χ0n) is 12.4. The third-order valence-corrected chi connectivity index (χ3v) is 4.05. The molecule has 0 fully saturated rings. The summed E-state index contributed by atoms with van der Waals surface area (Å²) in [7, 11) is 0. The van der Waals surface area contributed by atoms with Crippen molar-refractivity contribution in [1.29, 1.82) is 0 Å². The molecule has 5 nitrogen and oxygen atoms in total. The minimum absolute atomic E-state index is 0.753. The van der Waals surface area contributed by atoms with E-state index >= 15 is 0 Å². The Bertz CT molecular complexity index is 579. The zero-order valence-corrected chi connectivity index (χ0v) is 13.3. The van der Waals surface area contributed by atoms with Crippen LogP contribution in [0.3, 0.4) is 0 Å². The fourth-order valence-electron chi connectivity index (χ4n) is 1.89. The third kappa shape index (κ3) is 3.25. The van der Waals surface area contributed by atoms with E-state index in [-0.39, 0.29) is 0 Å². The maximum Gasteiger partial charge on any atom is 0.135 e. The molecule has 0 saturated carbocycles. The second kappa shape index (κ2) is 6.65. The van der Waals surface area contributed by atoms with Crippen molar-refractivity contribution in [2.45, 2.75) is 40.7 Å². The summed E-state index contributed by atoms with van der Waals surface area (Å²) in [6.07, 6.45) is 0.826. The van der Waals surface area contributed by atoms with Gasteiger partial charge < -0.3 is 10.6 Å². The van der Waals surface area contributed by atoms with Crippen molar-refractivity contribution in [2.75, 3.05) is 17.2 Å². The number of nitrogens with one attached hydrogen (secondary N) is 2. The van der Waals surface area contributed by atoms with Gasteiger partial charge >= 0.3 is 0 Å². The van der Waals surface area contributed by atoms with E-state index in [4.69, 9.17) is 0 Å². The molecule has 108 valence electrons. The summed E-state index contributed by atoms with van der Waals surface area (Å²) in [6, 6.07) is 0.